The van der Waals surface area contributed by atoms with Crippen LogP contribution in [0.3, 0.4) is 0 Å². The summed E-state index contributed by atoms with van der Waals surface area (Å²) in [5.74, 6) is 0. The first kappa shape index (κ1) is 12.7. The van der Waals surface area contributed by atoms with Crippen LogP contribution in [0.15, 0.2) is 18.2 Å². The van der Waals surface area contributed by atoms with Crippen LogP contribution in [0, 0.1) is 16.7 Å². The molecule has 1 aromatic carbocycles. The average Bonchev–Trinajstić information content (AvgIpc) is 2.38. The van der Waals surface area contributed by atoms with Gasteiger partial charge in [0.1, 0.15) is 0 Å². The van der Waals surface area contributed by atoms with E-state index in [2.05, 4.69) is 30.1 Å². The number of benzene rings is 1. The zero-order chi connectivity index (χ0) is 13.2. The van der Waals surface area contributed by atoms with Crippen molar-refractivity contribution in [1.29, 1.82) is 5.26 Å². The van der Waals surface area contributed by atoms with Crippen molar-refractivity contribution >= 4 is 11.4 Å². The molecule has 0 aromatic heterocycles. The zero-order valence-corrected chi connectivity index (χ0v) is 11.0. The number of nitrogens with two attached hydrogens (primary N) is 1. The van der Waals surface area contributed by atoms with Crippen LogP contribution in [0.5, 0.6) is 0 Å². The highest BCUT2D eigenvalue weighted by atomic mass is 15.2. The summed E-state index contributed by atoms with van der Waals surface area (Å²) in [5, 5.41) is 12.4. The van der Waals surface area contributed by atoms with Crippen molar-refractivity contribution in [3.05, 3.63) is 23.8 Å². The van der Waals surface area contributed by atoms with E-state index >= 15 is 0 Å². The van der Waals surface area contributed by atoms with Crippen molar-refractivity contribution < 1.29 is 0 Å². The number of hydrogen-bond acceptors (Lipinski definition) is 4. The first-order valence-electron chi connectivity index (χ1n) is 6.29. The predicted molar refractivity (Wildman–Crippen MR) is 74.7 cm³/mol. The molecule has 96 valence electrons. The van der Waals surface area contributed by atoms with Crippen molar-refractivity contribution in [3.63, 3.8) is 0 Å². The number of fused-ring (bicyclic) bond motifs is 1. The van der Waals surface area contributed by atoms with E-state index in [0.717, 1.165) is 31.0 Å². The van der Waals surface area contributed by atoms with Crippen LogP contribution >= 0.6 is 0 Å². The molecule has 1 aromatic rings. The minimum Gasteiger partial charge on any atom is -0.382 e. The lowest BCUT2D eigenvalue weighted by Crippen LogP contribution is -2.43. The number of nitrogens with zero attached hydrogens (tertiary/aromatic N) is 2. The highest BCUT2D eigenvalue weighted by molar-refractivity contribution is 5.74. The second kappa shape index (κ2) is 4.87. The van der Waals surface area contributed by atoms with Crippen molar-refractivity contribution in [2.24, 2.45) is 11.1 Å². The molecular formula is C14H20N4. The summed E-state index contributed by atoms with van der Waals surface area (Å²) in [7, 11) is 0. The van der Waals surface area contributed by atoms with E-state index in [-0.39, 0.29) is 5.41 Å². The molecule has 1 aliphatic rings. The van der Waals surface area contributed by atoms with Crippen molar-refractivity contribution in [1.82, 2.24) is 0 Å². The van der Waals surface area contributed by atoms with E-state index in [1.54, 1.807) is 0 Å². The minimum atomic E-state index is 0.0806. The largest absolute Gasteiger partial charge is 0.382 e. The molecule has 2 rings (SSSR count). The summed E-state index contributed by atoms with van der Waals surface area (Å²) < 4.78 is 0. The Morgan fingerprint density at radius 1 is 1.50 bits per heavy atom. The van der Waals surface area contributed by atoms with Gasteiger partial charge in [0, 0.05) is 19.6 Å². The van der Waals surface area contributed by atoms with Crippen molar-refractivity contribution in [2.75, 3.05) is 36.4 Å². The maximum absolute atomic E-state index is 9.00. The number of anilines is 2. The Hall–Kier alpha value is -1.73. The average molecular weight is 244 g/mol. The van der Waals surface area contributed by atoms with Crippen molar-refractivity contribution in [2.45, 2.75) is 13.8 Å². The Labute approximate surface area is 108 Å². The molecule has 4 nitrogen and oxygen atoms in total. The van der Waals surface area contributed by atoms with Crippen LogP contribution in [-0.2, 0) is 0 Å². The quantitative estimate of drug-likeness (QED) is 0.850. The maximum Gasteiger partial charge on any atom is 0.0992 e. The van der Waals surface area contributed by atoms with Gasteiger partial charge in [0.05, 0.1) is 23.0 Å². The molecule has 0 fully saturated rings. The van der Waals surface area contributed by atoms with Gasteiger partial charge in [-0.25, -0.2) is 0 Å². The van der Waals surface area contributed by atoms with Crippen LogP contribution in [0.25, 0.3) is 0 Å². The van der Waals surface area contributed by atoms with Crippen LogP contribution in [-0.4, -0.2) is 26.2 Å². The molecule has 0 atom stereocenters. The predicted octanol–water partition coefficient (Wildman–Crippen LogP) is 1.78. The summed E-state index contributed by atoms with van der Waals surface area (Å²) in [6.07, 6.45) is 0. The first-order chi connectivity index (χ1) is 8.55. The van der Waals surface area contributed by atoms with E-state index in [1.165, 1.54) is 0 Å². The van der Waals surface area contributed by atoms with E-state index < -0.39 is 0 Å². The molecular weight excluding hydrogens is 224 g/mol. The molecule has 1 aliphatic heterocycles. The van der Waals surface area contributed by atoms with Crippen LogP contribution in [0.4, 0.5) is 11.4 Å². The topological polar surface area (TPSA) is 65.1 Å². The molecule has 0 unspecified atom stereocenters. The summed E-state index contributed by atoms with van der Waals surface area (Å²) >= 11 is 0. The van der Waals surface area contributed by atoms with E-state index in [1.807, 2.05) is 18.2 Å². The molecule has 0 radical (unpaired) electrons. The highest BCUT2D eigenvalue weighted by Gasteiger charge is 2.24. The number of hydrogen-bond donors (Lipinski definition) is 2. The molecule has 0 aliphatic carbocycles. The third-order valence-corrected chi connectivity index (χ3v) is 3.34. The fourth-order valence-electron chi connectivity index (χ4n) is 2.20. The third-order valence-electron chi connectivity index (χ3n) is 3.34. The fraction of sp³-hybridized carbons (Fsp3) is 0.500. The van der Waals surface area contributed by atoms with Gasteiger partial charge >= 0.3 is 0 Å². The van der Waals surface area contributed by atoms with Gasteiger partial charge in [0.15, 0.2) is 0 Å². The monoisotopic (exact) mass is 244 g/mol. The number of nitrogens with one attached hydrogen (secondary N) is 1. The number of rotatable bonds is 3. The number of nitriles is 1. The molecule has 1 heterocycles. The summed E-state index contributed by atoms with van der Waals surface area (Å²) in [5.41, 5.74) is 8.80. The maximum atomic E-state index is 9.00. The van der Waals surface area contributed by atoms with Gasteiger partial charge in [-0.3, -0.25) is 0 Å². The molecule has 4 heteroatoms. The second-order valence-electron chi connectivity index (χ2n) is 5.56. The van der Waals surface area contributed by atoms with Gasteiger partial charge in [-0.05, 0) is 30.2 Å². The molecule has 0 saturated heterocycles. The van der Waals surface area contributed by atoms with Gasteiger partial charge in [-0.2, -0.15) is 5.26 Å². The lowest BCUT2D eigenvalue weighted by molar-refractivity contribution is 0.378. The Morgan fingerprint density at radius 2 is 2.28 bits per heavy atom. The van der Waals surface area contributed by atoms with Gasteiger partial charge in [-0.15, -0.1) is 0 Å². The summed E-state index contributed by atoms with van der Waals surface area (Å²) in [6, 6.07) is 7.98. The van der Waals surface area contributed by atoms with Crippen LogP contribution < -0.4 is 16.0 Å². The molecule has 3 N–H and O–H groups in total. The van der Waals surface area contributed by atoms with Crippen LogP contribution in [0.1, 0.15) is 19.4 Å². The van der Waals surface area contributed by atoms with Crippen LogP contribution in [0.2, 0.25) is 0 Å². The lowest BCUT2D eigenvalue weighted by Gasteiger charge is -2.37. The zero-order valence-electron chi connectivity index (χ0n) is 11.0. The Balaban J connectivity index is 2.29. The van der Waals surface area contributed by atoms with Gasteiger partial charge in [0.25, 0.3) is 0 Å². The van der Waals surface area contributed by atoms with Gasteiger partial charge in [-0.1, -0.05) is 13.8 Å². The van der Waals surface area contributed by atoms with E-state index in [4.69, 9.17) is 11.0 Å². The van der Waals surface area contributed by atoms with E-state index in [9.17, 15) is 0 Å². The minimum absolute atomic E-state index is 0.0806. The Bertz CT molecular complexity index is 473. The normalized spacial score (nSPS) is 14.7. The SMILES string of the molecule is CC(C)(CN)CN1CCNc2ccc(C#N)cc21. The van der Waals surface area contributed by atoms with Gasteiger partial charge in [0.2, 0.25) is 0 Å². The molecule has 0 bridgehead atoms. The molecule has 18 heavy (non-hydrogen) atoms. The Morgan fingerprint density at radius 3 is 2.94 bits per heavy atom. The fourth-order valence-corrected chi connectivity index (χ4v) is 2.20. The highest BCUT2D eigenvalue weighted by Crippen LogP contribution is 2.32. The van der Waals surface area contributed by atoms with E-state index in [0.29, 0.717) is 12.1 Å². The van der Waals surface area contributed by atoms with Gasteiger partial charge < -0.3 is 16.0 Å². The second-order valence-corrected chi connectivity index (χ2v) is 5.56. The summed E-state index contributed by atoms with van der Waals surface area (Å²) in [6.45, 7) is 7.79. The standard InChI is InChI=1S/C14H20N4/c1-14(2,9-16)10-18-6-5-17-12-4-3-11(8-15)7-13(12)18/h3-4,7,17H,5-6,9-10,16H2,1-2H3. The summed E-state index contributed by atoms with van der Waals surface area (Å²) in [4.78, 5) is 2.32. The Kier molecular flexibility index (Phi) is 3.44. The molecule has 0 spiro atoms. The third kappa shape index (κ3) is 2.57. The lowest BCUT2D eigenvalue weighted by atomic mass is 9.92. The smallest absolute Gasteiger partial charge is 0.0992 e. The first-order valence-corrected chi connectivity index (χ1v) is 6.29. The molecule has 0 saturated carbocycles. The van der Waals surface area contributed by atoms with Crippen molar-refractivity contribution in [3.8, 4) is 6.07 Å². The molecule has 0 amide bonds.